The second kappa shape index (κ2) is 8.84. The first-order valence-corrected chi connectivity index (χ1v) is 12.6. The lowest BCUT2D eigenvalue weighted by Crippen LogP contribution is -2.51. The van der Waals surface area contributed by atoms with Gasteiger partial charge < -0.3 is 4.90 Å². The van der Waals surface area contributed by atoms with Gasteiger partial charge in [0.15, 0.2) is 0 Å². The van der Waals surface area contributed by atoms with Gasteiger partial charge in [0.1, 0.15) is 0 Å². The number of anilines is 1. The Morgan fingerprint density at radius 1 is 1.18 bits per heavy atom. The van der Waals surface area contributed by atoms with Crippen LogP contribution in [0.2, 0.25) is 5.02 Å². The number of halogens is 1. The summed E-state index contributed by atoms with van der Waals surface area (Å²) in [6.07, 6.45) is 2.95. The van der Waals surface area contributed by atoms with E-state index in [-0.39, 0.29) is 23.2 Å². The largest absolute Gasteiger partial charge is 0.364 e. The van der Waals surface area contributed by atoms with Gasteiger partial charge in [-0.05, 0) is 111 Å². The van der Waals surface area contributed by atoms with Crippen molar-refractivity contribution in [2.24, 2.45) is 0 Å². The Balaban J connectivity index is 1.66. The van der Waals surface area contributed by atoms with Crippen molar-refractivity contribution in [1.29, 1.82) is 0 Å². The fourth-order valence-corrected chi connectivity index (χ4v) is 6.25. The molecule has 2 aromatic carbocycles. The molecule has 2 heterocycles. The first-order valence-electron chi connectivity index (χ1n) is 11.4. The second-order valence-electron chi connectivity index (χ2n) is 10.0. The lowest BCUT2D eigenvalue weighted by atomic mass is 9.78. The van der Waals surface area contributed by atoms with Gasteiger partial charge in [0, 0.05) is 22.3 Å². The van der Waals surface area contributed by atoms with Crippen LogP contribution in [0.4, 0.5) is 10.5 Å². The molecule has 0 N–H and O–H groups in total. The SMILES string of the molecule is Cc1cc2c(cc1/C=C1\SC(=O)N(Cc3ccc(Cl)cc3)C1=O)C(C)CC(C)(C)N2C(C)C. The van der Waals surface area contributed by atoms with Crippen molar-refractivity contribution in [3.05, 3.63) is 68.6 Å². The van der Waals surface area contributed by atoms with Gasteiger partial charge in [-0.2, -0.15) is 0 Å². The van der Waals surface area contributed by atoms with Crippen LogP contribution in [-0.4, -0.2) is 27.6 Å². The highest BCUT2D eigenvalue weighted by molar-refractivity contribution is 8.18. The summed E-state index contributed by atoms with van der Waals surface area (Å²) in [5, 5.41) is 0.391. The number of benzene rings is 2. The second-order valence-corrected chi connectivity index (χ2v) is 11.5. The molecular formula is C27H31ClN2O2S. The lowest BCUT2D eigenvalue weighted by Gasteiger charge is -2.50. The topological polar surface area (TPSA) is 40.6 Å². The maximum Gasteiger partial charge on any atom is 0.293 e. The van der Waals surface area contributed by atoms with E-state index in [1.54, 1.807) is 12.1 Å². The molecule has 0 aliphatic carbocycles. The number of fused-ring (bicyclic) bond motifs is 1. The molecule has 1 atom stereocenters. The molecule has 174 valence electrons. The fourth-order valence-electron chi connectivity index (χ4n) is 5.30. The van der Waals surface area contributed by atoms with Crippen LogP contribution < -0.4 is 4.90 Å². The highest BCUT2D eigenvalue weighted by Gasteiger charge is 2.38. The van der Waals surface area contributed by atoms with Crippen LogP contribution in [0.1, 0.15) is 69.2 Å². The molecule has 6 heteroatoms. The number of rotatable bonds is 4. The van der Waals surface area contributed by atoms with Crippen molar-refractivity contribution in [2.45, 2.75) is 72.0 Å². The summed E-state index contributed by atoms with van der Waals surface area (Å²) in [4.78, 5) is 30.0. The van der Waals surface area contributed by atoms with E-state index in [1.165, 1.54) is 16.2 Å². The summed E-state index contributed by atoms with van der Waals surface area (Å²) in [5.41, 5.74) is 5.64. The number of thioether (sulfide) groups is 1. The summed E-state index contributed by atoms with van der Waals surface area (Å²) in [7, 11) is 0. The Labute approximate surface area is 206 Å². The van der Waals surface area contributed by atoms with Gasteiger partial charge in [-0.3, -0.25) is 14.5 Å². The van der Waals surface area contributed by atoms with E-state index in [4.69, 9.17) is 11.6 Å². The van der Waals surface area contributed by atoms with Crippen molar-refractivity contribution in [3.8, 4) is 0 Å². The van der Waals surface area contributed by atoms with E-state index in [2.05, 4.69) is 58.6 Å². The van der Waals surface area contributed by atoms with Crippen LogP contribution in [0, 0.1) is 6.92 Å². The van der Waals surface area contributed by atoms with E-state index in [0.29, 0.717) is 21.9 Å². The van der Waals surface area contributed by atoms with Crippen molar-refractivity contribution in [3.63, 3.8) is 0 Å². The number of carbonyl (C=O) groups is 2. The zero-order valence-corrected chi connectivity index (χ0v) is 21.7. The summed E-state index contributed by atoms with van der Waals surface area (Å²) >= 11 is 6.97. The molecular weight excluding hydrogens is 452 g/mol. The van der Waals surface area contributed by atoms with Crippen molar-refractivity contribution >= 4 is 46.3 Å². The first kappa shape index (κ1) is 23.9. The summed E-state index contributed by atoms with van der Waals surface area (Å²) < 4.78 is 0. The minimum Gasteiger partial charge on any atom is -0.364 e. The van der Waals surface area contributed by atoms with Crippen LogP contribution in [0.25, 0.3) is 6.08 Å². The van der Waals surface area contributed by atoms with Crippen molar-refractivity contribution in [2.75, 3.05) is 4.90 Å². The van der Waals surface area contributed by atoms with Gasteiger partial charge in [-0.25, -0.2) is 0 Å². The summed E-state index contributed by atoms with van der Waals surface area (Å²) in [6.45, 7) is 13.7. The fraction of sp³-hybridized carbons (Fsp3) is 0.407. The van der Waals surface area contributed by atoms with Crippen molar-refractivity contribution in [1.82, 2.24) is 4.90 Å². The summed E-state index contributed by atoms with van der Waals surface area (Å²) in [5.74, 6) is 0.174. The Morgan fingerprint density at radius 3 is 2.48 bits per heavy atom. The zero-order chi connectivity index (χ0) is 24.1. The van der Waals surface area contributed by atoms with E-state index in [1.807, 2.05) is 18.2 Å². The molecule has 4 rings (SSSR count). The molecule has 0 bridgehead atoms. The maximum absolute atomic E-state index is 13.1. The molecule has 0 spiro atoms. The molecule has 0 aromatic heterocycles. The normalized spacial score (nSPS) is 21.3. The van der Waals surface area contributed by atoms with Gasteiger partial charge in [-0.15, -0.1) is 0 Å². The Hall–Kier alpha value is -2.24. The number of carbonyl (C=O) groups excluding carboxylic acids is 2. The van der Waals surface area contributed by atoms with Gasteiger partial charge in [0.2, 0.25) is 0 Å². The zero-order valence-electron chi connectivity index (χ0n) is 20.1. The average Bonchev–Trinajstić information content (AvgIpc) is 2.97. The van der Waals surface area contributed by atoms with Crippen LogP contribution in [0.3, 0.4) is 0 Å². The molecule has 33 heavy (non-hydrogen) atoms. The third-order valence-electron chi connectivity index (χ3n) is 6.59. The highest BCUT2D eigenvalue weighted by atomic mass is 35.5. The minimum atomic E-state index is -0.241. The monoisotopic (exact) mass is 482 g/mol. The molecule has 2 aliphatic heterocycles. The Bertz CT molecular complexity index is 1140. The first-order chi connectivity index (χ1) is 15.5. The number of hydrogen-bond acceptors (Lipinski definition) is 4. The third-order valence-corrected chi connectivity index (χ3v) is 7.75. The number of imide groups is 1. The van der Waals surface area contributed by atoms with Crippen LogP contribution >= 0.6 is 23.4 Å². The quantitative estimate of drug-likeness (QED) is 0.426. The number of hydrogen-bond donors (Lipinski definition) is 0. The molecule has 4 nitrogen and oxygen atoms in total. The average molecular weight is 483 g/mol. The van der Waals surface area contributed by atoms with E-state index in [0.717, 1.165) is 34.9 Å². The molecule has 2 amide bonds. The number of aryl methyl sites for hydroxylation is 1. The Kier molecular flexibility index (Phi) is 6.41. The van der Waals surface area contributed by atoms with Gasteiger partial charge in [0.25, 0.3) is 11.1 Å². The van der Waals surface area contributed by atoms with E-state index < -0.39 is 0 Å². The molecule has 1 unspecified atom stereocenters. The molecule has 1 saturated heterocycles. The standard InChI is InChI=1S/C27H31ClN2O2S/c1-16(2)30-23-11-17(3)20(12-22(23)18(4)14-27(30,5)6)13-24-25(31)29(26(32)33-24)15-19-7-9-21(28)10-8-19/h7-13,16,18H,14-15H2,1-6H3/b24-13-. The lowest BCUT2D eigenvalue weighted by molar-refractivity contribution is -0.123. The number of amides is 2. The predicted octanol–water partition coefficient (Wildman–Crippen LogP) is 7.39. The van der Waals surface area contributed by atoms with Crippen LogP contribution in [-0.2, 0) is 11.3 Å². The molecule has 0 saturated carbocycles. The maximum atomic E-state index is 13.1. The third kappa shape index (κ3) is 4.58. The predicted molar refractivity (Wildman–Crippen MR) is 139 cm³/mol. The molecule has 0 radical (unpaired) electrons. The molecule has 2 aliphatic rings. The smallest absolute Gasteiger partial charge is 0.293 e. The van der Waals surface area contributed by atoms with Crippen LogP contribution in [0.5, 0.6) is 0 Å². The van der Waals surface area contributed by atoms with Crippen molar-refractivity contribution < 1.29 is 9.59 Å². The molecule has 1 fully saturated rings. The highest BCUT2D eigenvalue weighted by Crippen LogP contribution is 2.46. The molecule has 2 aromatic rings. The van der Waals surface area contributed by atoms with Crippen LogP contribution in [0.15, 0.2) is 41.3 Å². The summed E-state index contributed by atoms with van der Waals surface area (Å²) in [6, 6.07) is 12.1. The van der Waals surface area contributed by atoms with E-state index >= 15 is 0 Å². The van der Waals surface area contributed by atoms with Gasteiger partial charge in [0.05, 0.1) is 11.4 Å². The minimum absolute atomic E-state index is 0.0822. The Morgan fingerprint density at radius 2 is 1.85 bits per heavy atom. The number of nitrogens with zero attached hydrogens (tertiary/aromatic N) is 2. The van der Waals surface area contributed by atoms with Gasteiger partial charge >= 0.3 is 0 Å². The van der Waals surface area contributed by atoms with E-state index in [9.17, 15) is 9.59 Å². The van der Waals surface area contributed by atoms with Gasteiger partial charge in [-0.1, -0.05) is 30.7 Å².